The van der Waals surface area contributed by atoms with Crippen LogP contribution in [0.25, 0.3) is 0 Å². The van der Waals surface area contributed by atoms with Crippen LogP contribution in [0.3, 0.4) is 0 Å². The predicted octanol–water partition coefficient (Wildman–Crippen LogP) is -2.28. The molecule has 0 saturated carbocycles. The van der Waals surface area contributed by atoms with Crippen molar-refractivity contribution in [1.82, 2.24) is 10.2 Å². The van der Waals surface area contributed by atoms with E-state index < -0.39 is 36.1 Å². The SMILES string of the molecule is C[C@@H](O)[C@H](NC(=O)N1CCOCC1C(N)=O)C(=O)O. The number of hydrogen-bond donors (Lipinski definition) is 4. The van der Waals surface area contributed by atoms with Crippen molar-refractivity contribution >= 4 is 17.9 Å². The zero-order valence-electron chi connectivity index (χ0n) is 10.4. The van der Waals surface area contributed by atoms with E-state index in [0.717, 1.165) is 4.90 Å². The summed E-state index contributed by atoms with van der Waals surface area (Å²) in [5.74, 6) is -2.11. The third kappa shape index (κ3) is 3.80. The van der Waals surface area contributed by atoms with E-state index in [9.17, 15) is 19.5 Å². The highest BCUT2D eigenvalue weighted by Gasteiger charge is 2.34. The van der Waals surface area contributed by atoms with E-state index in [-0.39, 0.29) is 19.8 Å². The van der Waals surface area contributed by atoms with Crippen LogP contribution >= 0.6 is 0 Å². The van der Waals surface area contributed by atoms with Crippen LogP contribution in [0.4, 0.5) is 4.79 Å². The Morgan fingerprint density at radius 2 is 2.11 bits per heavy atom. The van der Waals surface area contributed by atoms with Crippen LogP contribution < -0.4 is 11.1 Å². The van der Waals surface area contributed by atoms with Crippen LogP contribution in [-0.4, -0.2) is 71.0 Å². The summed E-state index contributed by atoms with van der Waals surface area (Å²) < 4.78 is 5.04. The van der Waals surface area contributed by atoms with Gasteiger partial charge in [-0.15, -0.1) is 0 Å². The molecule has 1 rings (SSSR count). The average Bonchev–Trinajstić information content (AvgIpc) is 2.34. The highest BCUT2D eigenvalue weighted by Crippen LogP contribution is 2.07. The number of nitrogens with one attached hydrogen (secondary N) is 1. The van der Waals surface area contributed by atoms with E-state index in [4.69, 9.17) is 15.6 Å². The lowest BCUT2D eigenvalue weighted by molar-refractivity contribution is -0.141. The Morgan fingerprint density at radius 1 is 1.47 bits per heavy atom. The molecule has 1 aliphatic rings. The lowest BCUT2D eigenvalue weighted by atomic mass is 10.2. The van der Waals surface area contributed by atoms with Gasteiger partial charge in [0, 0.05) is 6.54 Å². The molecule has 19 heavy (non-hydrogen) atoms. The van der Waals surface area contributed by atoms with E-state index in [1.54, 1.807) is 0 Å². The second-order valence-corrected chi connectivity index (χ2v) is 4.19. The van der Waals surface area contributed by atoms with Gasteiger partial charge in [0.25, 0.3) is 0 Å². The van der Waals surface area contributed by atoms with Crippen LogP contribution in [0.5, 0.6) is 0 Å². The third-order valence-electron chi connectivity index (χ3n) is 2.75. The van der Waals surface area contributed by atoms with E-state index in [0.29, 0.717) is 0 Å². The third-order valence-corrected chi connectivity index (χ3v) is 2.75. The maximum absolute atomic E-state index is 11.9. The first-order chi connectivity index (χ1) is 8.84. The molecule has 9 nitrogen and oxygen atoms in total. The van der Waals surface area contributed by atoms with Crippen molar-refractivity contribution in [2.75, 3.05) is 19.8 Å². The quantitative estimate of drug-likeness (QED) is 0.455. The maximum Gasteiger partial charge on any atom is 0.328 e. The molecule has 1 unspecified atom stereocenters. The minimum absolute atomic E-state index is 0.0326. The Balaban J connectivity index is 2.74. The number of amides is 3. The molecule has 0 aromatic heterocycles. The Hall–Kier alpha value is -1.87. The van der Waals surface area contributed by atoms with Crippen LogP contribution in [-0.2, 0) is 14.3 Å². The predicted molar refractivity (Wildman–Crippen MR) is 62.1 cm³/mol. The maximum atomic E-state index is 11.9. The number of carbonyl (C=O) groups excluding carboxylic acids is 2. The van der Waals surface area contributed by atoms with Crippen molar-refractivity contribution in [3.05, 3.63) is 0 Å². The summed E-state index contributed by atoms with van der Waals surface area (Å²) >= 11 is 0. The fraction of sp³-hybridized carbons (Fsp3) is 0.700. The fourth-order valence-corrected chi connectivity index (χ4v) is 1.69. The number of morpholine rings is 1. The number of carboxylic acids is 1. The summed E-state index contributed by atoms with van der Waals surface area (Å²) in [5.41, 5.74) is 5.14. The first-order valence-corrected chi connectivity index (χ1v) is 5.69. The molecule has 0 spiro atoms. The molecule has 1 aliphatic heterocycles. The molecule has 0 aliphatic carbocycles. The van der Waals surface area contributed by atoms with Crippen LogP contribution in [0, 0.1) is 0 Å². The van der Waals surface area contributed by atoms with Crippen molar-refractivity contribution in [3.8, 4) is 0 Å². The standard InChI is InChI=1S/C10H17N3O6/c1-5(14)7(9(16)17)12-10(18)13-2-3-19-4-6(13)8(11)15/h5-7,14H,2-4H2,1H3,(H2,11,15)(H,12,18)(H,16,17)/t5-,6?,7+/m1/s1. The molecule has 1 fully saturated rings. The normalized spacial score (nSPS) is 22.4. The first kappa shape index (κ1) is 15.2. The van der Waals surface area contributed by atoms with Gasteiger partial charge in [-0.25, -0.2) is 9.59 Å². The molecule has 0 aromatic rings. The van der Waals surface area contributed by atoms with Crippen molar-refractivity contribution in [3.63, 3.8) is 0 Å². The van der Waals surface area contributed by atoms with Gasteiger partial charge in [0.05, 0.1) is 19.3 Å². The molecule has 5 N–H and O–H groups in total. The minimum Gasteiger partial charge on any atom is -0.480 e. The number of rotatable bonds is 4. The largest absolute Gasteiger partial charge is 0.480 e. The van der Waals surface area contributed by atoms with Crippen LogP contribution in [0.2, 0.25) is 0 Å². The lowest BCUT2D eigenvalue weighted by Gasteiger charge is -2.34. The van der Waals surface area contributed by atoms with Gasteiger partial charge in [0.2, 0.25) is 5.91 Å². The van der Waals surface area contributed by atoms with Gasteiger partial charge >= 0.3 is 12.0 Å². The molecular weight excluding hydrogens is 258 g/mol. The molecule has 1 heterocycles. The summed E-state index contributed by atoms with van der Waals surface area (Å²) in [4.78, 5) is 35.1. The van der Waals surface area contributed by atoms with Gasteiger partial charge in [-0.3, -0.25) is 4.79 Å². The molecule has 0 radical (unpaired) electrons. The summed E-state index contributed by atoms with van der Waals surface area (Å²) in [7, 11) is 0. The molecule has 0 bridgehead atoms. The minimum atomic E-state index is -1.45. The number of primary amides is 1. The van der Waals surface area contributed by atoms with Gasteiger partial charge < -0.3 is 30.9 Å². The summed E-state index contributed by atoms with van der Waals surface area (Å²) in [6.07, 6.45) is -1.27. The zero-order chi connectivity index (χ0) is 14.6. The Bertz CT molecular complexity index is 372. The number of ether oxygens (including phenoxy) is 1. The Labute approximate surface area is 109 Å². The van der Waals surface area contributed by atoms with Crippen molar-refractivity contribution in [2.24, 2.45) is 5.73 Å². The van der Waals surface area contributed by atoms with Crippen molar-refractivity contribution in [2.45, 2.75) is 25.1 Å². The molecule has 3 atom stereocenters. The van der Waals surface area contributed by atoms with E-state index >= 15 is 0 Å². The Kier molecular flexibility index (Phi) is 5.07. The van der Waals surface area contributed by atoms with Gasteiger partial charge in [-0.1, -0.05) is 0 Å². The summed E-state index contributed by atoms with van der Waals surface area (Å²) in [6, 6.07) is -3.18. The number of aliphatic hydroxyl groups is 1. The van der Waals surface area contributed by atoms with Crippen LogP contribution in [0.15, 0.2) is 0 Å². The second kappa shape index (κ2) is 6.34. The van der Waals surface area contributed by atoms with Gasteiger partial charge in [-0.05, 0) is 6.92 Å². The smallest absolute Gasteiger partial charge is 0.328 e. The van der Waals surface area contributed by atoms with Crippen molar-refractivity contribution in [1.29, 1.82) is 0 Å². The summed E-state index contributed by atoms with van der Waals surface area (Å²) in [6.45, 7) is 1.55. The molecule has 9 heteroatoms. The highest BCUT2D eigenvalue weighted by molar-refractivity contribution is 5.88. The Morgan fingerprint density at radius 3 is 2.58 bits per heavy atom. The van der Waals surface area contributed by atoms with E-state index in [1.807, 2.05) is 0 Å². The molecule has 3 amide bonds. The number of urea groups is 1. The number of hydrogen-bond acceptors (Lipinski definition) is 5. The van der Waals surface area contributed by atoms with Crippen LogP contribution in [0.1, 0.15) is 6.92 Å². The molecule has 1 saturated heterocycles. The van der Waals surface area contributed by atoms with E-state index in [2.05, 4.69) is 5.32 Å². The first-order valence-electron chi connectivity index (χ1n) is 5.69. The number of carboxylic acid groups (broad SMARTS) is 1. The molecular formula is C10H17N3O6. The fourth-order valence-electron chi connectivity index (χ4n) is 1.69. The number of aliphatic carboxylic acids is 1. The zero-order valence-corrected chi connectivity index (χ0v) is 10.4. The molecule has 108 valence electrons. The number of aliphatic hydroxyl groups excluding tert-OH is 1. The van der Waals surface area contributed by atoms with E-state index in [1.165, 1.54) is 6.92 Å². The van der Waals surface area contributed by atoms with Gasteiger partial charge in [0.15, 0.2) is 6.04 Å². The topological polar surface area (TPSA) is 142 Å². The lowest BCUT2D eigenvalue weighted by Crippen LogP contribution is -2.60. The highest BCUT2D eigenvalue weighted by atomic mass is 16.5. The number of nitrogens with zero attached hydrogens (tertiary/aromatic N) is 1. The second-order valence-electron chi connectivity index (χ2n) is 4.19. The average molecular weight is 275 g/mol. The number of carbonyl (C=O) groups is 3. The van der Waals surface area contributed by atoms with Crippen molar-refractivity contribution < 1.29 is 29.3 Å². The summed E-state index contributed by atoms with van der Waals surface area (Å²) in [5, 5.41) is 20.3. The van der Waals surface area contributed by atoms with Gasteiger partial charge in [-0.2, -0.15) is 0 Å². The number of nitrogens with two attached hydrogens (primary N) is 1. The van der Waals surface area contributed by atoms with Gasteiger partial charge in [0.1, 0.15) is 6.04 Å². The monoisotopic (exact) mass is 275 g/mol. The molecule has 0 aromatic carbocycles.